The molecular formula is C44H34Br2F2O2. The lowest BCUT2D eigenvalue weighted by Gasteiger charge is -2.13. The maximum Gasteiger partial charge on any atom is 0.132 e. The van der Waals surface area contributed by atoms with E-state index < -0.39 is 0 Å². The highest BCUT2D eigenvalue weighted by Crippen LogP contribution is 2.42. The van der Waals surface area contributed by atoms with Gasteiger partial charge in [-0.2, -0.15) is 0 Å². The molecule has 7 rings (SSSR count). The van der Waals surface area contributed by atoms with Gasteiger partial charge in [0.15, 0.2) is 0 Å². The zero-order valence-electron chi connectivity index (χ0n) is 27.4. The van der Waals surface area contributed by atoms with E-state index in [9.17, 15) is 19.0 Å². The fourth-order valence-electron chi connectivity index (χ4n) is 5.53. The molecule has 0 aliphatic heterocycles. The van der Waals surface area contributed by atoms with Crippen molar-refractivity contribution in [3.05, 3.63) is 178 Å². The smallest absolute Gasteiger partial charge is 0.132 e. The van der Waals surface area contributed by atoms with Crippen LogP contribution in [-0.4, -0.2) is 10.2 Å². The Balaban J connectivity index is 0.000000191. The summed E-state index contributed by atoms with van der Waals surface area (Å²) in [5.41, 5.74) is 7.32. The van der Waals surface area contributed by atoms with Crippen molar-refractivity contribution in [3.8, 4) is 67.1 Å². The van der Waals surface area contributed by atoms with Gasteiger partial charge in [-0.1, -0.05) is 161 Å². The van der Waals surface area contributed by atoms with Gasteiger partial charge in [0.1, 0.15) is 23.1 Å². The molecule has 6 heteroatoms. The Morgan fingerprint density at radius 2 is 0.840 bits per heavy atom. The monoisotopic (exact) mass is 790 g/mol. The van der Waals surface area contributed by atoms with Crippen molar-refractivity contribution in [2.24, 2.45) is 0 Å². The van der Waals surface area contributed by atoms with E-state index in [1.54, 1.807) is 42.5 Å². The summed E-state index contributed by atoms with van der Waals surface area (Å²) in [6, 6.07) is 48.0. The van der Waals surface area contributed by atoms with E-state index in [4.69, 9.17) is 0 Å². The van der Waals surface area contributed by atoms with Crippen LogP contribution in [-0.2, 0) is 0 Å². The van der Waals surface area contributed by atoms with Crippen molar-refractivity contribution < 1.29 is 19.0 Å². The van der Waals surface area contributed by atoms with Crippen molar-refractivity contribution in [2.45, 2.75) is 13.8 Å². The third kappa shape index (κ3) is 8.21. The van der Waals surface area contributed by atoms with Crippen LogP contribution < -0.4 is 0 Å². The van der Waals surface area contributed by atoms with Crippen LogP contribution in [0.2, 0.25) is 0 Å². The predicted octanol–water partition coefficient (Wildman–Crippen LogP) is 13.9. The molecule has 0 fully saturated rings. The number of phenols is 2. The lowest BCUT2D eigenvalue weighted by Crippen LogP contribution is -1.89. The summed E-state index contributed by atoms with van der Waals surface area (Å²) in [6.45, 7) is 4.00. The summed E-state index contributed by atoms with van der Waals surface area (Å²) in [5.74, 6) is -0.631. The zero-order valence-corrected chi connectivity index (χ0v) is 30.6. The van der Waals surface area contributed by atoms with Crippen molar-refractivity contribution in [2.75, 3.05) is 0 Å². The molecule has 0 aliphatic rings. The molecule has 0 bridgehead atoms. The normalized spacial score (nSPS) is 10.4. The number of hydrogen-bond donors (Lipinski definition) is 2. The first kappa shape index (κ1) is 36.2. The molecule has 2 N–H and O–H groups in total. The van der Waals surface area contributed by atoms with Crippen molar-refractivity contribution in [1.29, 1.82) is 0 Å². The summed E-state index contributed by atoms with van der Waals surface area (Å²) in [6.07, 6.45) is 0. The molecule has 0 heterocycles. The minimum absolute atomic E-state index is 0.0560. The number of benzene rings is 7. The van der Waals surface area contributed by atoms with E-state index >= 15 is 0 Å². The molecule has 7 aromatic carbocycles. The first-order valence-corrected chi connectivity index (χ1v) is 17.7. The highest BCUT2D eigenvalue weighted by Gasteiger charge is 2.17. The van der Waals surface area contributed by atoms with Gasteiger partial charge in [-0.25, -0.2) is 8.78 Å². The molecule has 50 heavy (non-hydrogen) atoms. The van der Waals surface area contributed by atoms with Crippen LogP contribution in [0.3, 0.4) is 0 Å². The average molecular weight is 793 g/mol. The van der Waals surface area contributed by atoms with Gasteiger partial charge in [-0.05, 0) is 70.3 Å². The molecule has 0 unspecified atom stereocenters. The second-order valence-corrected chi connectivity index (χ2v) is 12.6. The van der Waals surface area contributed by atoms with Gasteiger partial charge in [-0.15, -0.1) is 0 Å². The SMILES string of the molecule is CC.Oc1c(-c2cccc(-c3ccccc3)c2)cccc1-c1c(F)cccc1Br.Oc1ccc(-c2ccccc2)cc1-c1c(F)cccc1Br. The minimum Gasteiger partial charge on any atom is -0.507 e. The number of halogens is 4. The summed E-state index contributed by atoms with van der Waals surface area (Å²) in [4.78, 5) is 0. The van der Waals surface area contributed by atoms with Crippen molar-refractivity contribution >= 4 is 31.9 Å². The Morgan fingerprint density at radius 1 is 0.400 bits per heavy atom. The summed E-state index contributed by atoms with van der Waals surface area (Å²) in [5, 5.41) is 21.0. The largest absolute Gasteiger partial charge is 0.507 e. The fraction of sp³-hybridized carbons (Fsp3) is 0.0455. The Bertz CT molecular complexity index is 2160. The number of hydrogen-bond acceptors (Lipinski definition) is 2. The quantitative estimate of drug-likeness (QED) is 0.182. The van der Waals surface area contributed by atoms with Crippen LogP contribution in [0, 0.1) is 11.6 Å². The van der Waals surface area contributed by atoms with Crippen LogP contribution >= 0.6 is 31.9 Å². The summed E-state index contributed by atoms with van der Waals surface area (Å²) in [7, 11) is 0. The molecule has 0 atom stereocenters. The Hall–Kier alpha value is -5.04. The number of phenolic OH excluding ortho intramolecular Hbond substituents is 2. The molecule has 0 spiro atoms. The molecule has 2 nitrogen and oxygen atoms in total. The molecule has 7 aromatic rings. The topological polar surface area (TPSA) is 40.5 Å². The number of para-hydroxylation sites is 1. The predicted molar refractivity (Wildman–Crippen MR) is 210 cm³/mol. The average Bonchev–Trinajstić information content (AvgIpc) is 3.15. The second-order valence-electron chi connectivity index (χ2n) is 10.9. The van der Waals surface area contributed by atoms with Gasteiger partial charge in [0.2, 0.25) is 0 Å². The van der Waals surface area contributed by atoms with Crippen molar-refractivity contribution in [1.82, 2.24) is 0 Å². The van der Waals surface area contributed by atoms with Crippen LogP contribution in [0.15, 0.2) is 167 Å². The molecule has 0 aromatic heterocycles. The van der Waals surface area contributed by atoms with E-state index in [1.807, 2.05) is 117 Å². The van der Waals surface area contributed by atoms with Gasteiger partial charge < -0.3 is 10.2 Å². The molecule has 0 radical (unpaired) electrons. The van der Waals surface area contributed by atoms with Crippen LogP contribution in [0.25, 0.3) is 55.6 Å². The van der Waals surface area contributed by atoms with Crippen LogP contribution in [0.5, 0.6) is 11.5 Å². The molecule has 0 aliphatic carbocycles. The standard InChI is InChI=1S/C24H16BrFO.C18H12BrFO.C2H6/c25-21-13-6-14-22(26)23(21)20-12-5-11-19(24(20)27)18-10-4-9-17(15-18)16-7-2-1-3-8-16;19-15-7-4-8-16(20)18(15)14-11-13(9-10-17(14)21)12-5-2-1-3-6-12;1-2/h1-15,27H;1-11,21H;1-2H3. The van der Waals surface area contributed by atoms with Crippen LogP contribution in [0.1, 0.15) is 13.8 Å². The zero-order chi connectivity index (χ0) is 35.6. The lowest BCUT2D eigenvalue weighted by molar-refractivity contribution is 0.476. The van der Waals surface area contributed by atoms with Gasteiger partial charge in [-0.3, -0.25) is 0 Å². The summed E-state index contributed by atoms with van der Waals surface area (Å²) < 4.78 is 29.7. The summed E-state index contributed by atoms with van der Waals surface area (Å²) >= 11 is 6.74. The van der Waals surface area contributed by atoms with E-state index in [1.165, 1.54) is 12.1 Å². The first-order valence-electron chi connectivity index (χ1n) is 16.1. The first-order chi connectivity index (χ1) is 24.3. The van der Waals surface area contributed by atoms with E-state index in [0.717, 1.165) is 27.8 Å². The fourth-order valence-corrected chi connectivity index (χ4v) is 6.64. The minimum atomic E-state index is -0.380. The molecule has 0 amide bonds. The van der Waals surface area contributed by atoms with E-state index in [2.05, 4.69) is 31.9 Å². The Labute approximate surface area is 308 Å². The highest BCUT2D eigenvalue weighted by atomic mass is 79.9. The third-order valence-electron chi connectivity index (χ3n) is 7.88. The molecule has 0 saturated carbocycles. The maximum atomic E-state index is 14.4. The van der Waals surface area contributed by atoms with E-state index in [0.29, 0.717) is 36.8 Å². The van der Waals surface area contributed by atoms with Gasteiger partial charge in [0.05, 0.1) is 0 Å². The maximum absolute atomic E-state index is 14.4. The third-order valence-corrected chi connectivity index (χ3v) is 9.21. The molecule has 0 saturated heterocycles. The number of aromatic hydroxyl groups is 2. The molecule has 250 valence electrons. The van der Waals surface area contributed by atoms with Gasteiger partial charge in [0.25, 0.3) is 0 Å². The second kappa shape index (κ2) is 17.1. The number of rotatable bonds is 5. The van der Waals surface area contributed by atoms with Gasteiger partial charge >= 0.3 is 0 Å². The Morgan fingerprint density at radius 3 is 1.40 bits per heavy atom. The van der Waals surface area contributed by atoms with Crippen molar-refractivity contribution in [3.63, 3.8) is 0 Å². The lowest BCUT2D eigenvalue weighted by atomic mass is 9.95. The van der Waals surface area contributed by atoms with Gasteiger partial charge in [0, 0.05) is 36.8 Å². The van der Waals surface area contributed by atoms with E-state index in [-0.39, 0.29) is 23.1 Å². The molecular weight excluding hydrogens is 758 g/mol. The van der Waals surface area contributed by atoms with Crippen LogP contribution in [0.4, 0.5) is 8.78 Å². The Kier molecular flexibility index (Phi) is 12.4. The highest BCUT2D eigenvalue weighted by molar-refractivity contribution is 9.11.